The number of hydrogen-bond acceptors (Lipinski definition) is 5. The van der Waals surface area contributed by atoms with Crippen LogP contribution in [-0.4, -0.2) is 18.4 Å². The molecule has 0 bridgehead atoms. The lowest BCUT2D eigenvalue weighted by Crippen LogP contribution is -2.17. The van der Waals surface area contributed by atoms with Crippen molar-refractivity contribution in [1.82, 2.24) is 0 Å². The zero-order chi connectivity index (χ0) is 19.7. The number of carbonyl (C=O) groups excluding carboxylic acids is 2. The van der Waals surface area contributed by atoms with Gasteiger partial charge in [-0.25, -0.2) is 4.79 Å². The van der Waals surface area contributed by atoms with Crippen molar-refractivity contribution in [2.24, 2.45) is 0 Å². The van der Waals surface area contributed by atoms with E-state index in [4.69, 9.17) is 9.15 Å². The molecule has 1 heterocycles. The summed E-state index contributed by atoms with van der Waals surface area (Å²) in [7, 11) is 0. The van der Waals surface area contributed by atoms with Gasteiger partial charge in [0.25, 0.3) is 0 Å². The Bertz CT molecular complexity index is 1120. The molecule has 27 heavy (non-hydrogen) atoms. The van der Waals surface area contributed by atoms with E-state index >= 15 is 0 Å². The molecule has 0 fully saturated rings. The summed E-state index contributed by atoms with van der Waals surface area (Å²) in [5.74, 6) is -1.37. The second-order valence-electron chi connectivity index (χ2n) is 6.73. The first-order valence-corrected chi connectivity index (χ1v) is 8.59. The Hall–Kier alpha value is -3.21. The summed E-state index contributed by atoms with van der Waals surface area (Å²) in [6.45, 7) is 7.17. The highest BCUT2D eigenvalue weighted by atomic mass is 16.5. The lowest BCUT2D eigenvalue weighted by molar-refractivity contribution is 0.0444. The molecule has 0 aliphatic carbocycles. The second kappa shape index (κ2) is 7.19. The Balaban J connectivity index is 1.79. The minimum Gasteiger partial charge on any atom is -0.451 e. The van der Waals surface area contributed by atoms with Gasteiger partial charge < -0.3 is 9.15 Å². The van der Waals surface area contributed by atoms with Crippen molar-refractivity contribution in [2.45, 2.75) is 27.7 Å². The number of aryl methyl sites for hydroxylation is 4. The van der Waals surface area contributed by atoms with Gasteiger partial charge in [-0.3, -0.25) is 9.59 Å². The fourth-order valence-corrected chi connectivity index (χ4v) is 2.91. The fourth-order valence-electron chi connectivity index (χ4n) is 2.91. The fraction of sp³-hybridized carbons (Fsp3) is 0.227. The van der Waals surface area contributed by atoms with Gasteiger partial charge in [-0.05, 0) is 62.6 Å². The molecular weight excluding hydrogens is 344 g/mol. The number of ether oxygens (including phenoxy) is 1. The molecule has 0 amide bonds. The van der Waals surface area contributed by atoms with Crippen LogP contribution in [0.5, 0.6) is 0 Å². The van der Waals surface area contributed by atoms with Gasteiger partial charge in [-0.15, -0.1) is 0 Å². The topological polar surface area (TPSA) is 73.6 Å². The smallest absolute Gasteiger partial charge is 0.374 e. The lowest BCUT2D eigenvalue weighted by atomic mass is 9.98. The van der Waals surface area contributed by atoms with Gasteiger partial charge in [0.1, 0.15) is 5.58 Å². The van der Waals surface area contributed by atoms with Crippen molar-refractivity contribution in [3.05, 3.63) is 80.2 Å². The number of hydrogen-bond donors (Lipinski definition) is 0. The van der Waals surface area contributed by atoms with E-state index in [1.165, 1.54) is 0 Å². The minimum absolute atomic E-state index is 0.221. The van der Waals surface area contributed by atoms with Gasteiger partial charge in [0.05, 0.1) is 5.39 Å². The Kier molecular flexibility index (Phi) is 4.95. The Labute approximate surface area is 156 Å². The molecule has 0 atom stereocenters. The largest absolute Gasteiger partial charge is 0.451 e. The number of Topliss-reactive ketones (excluding diaryl/α,β-unsaturated/α-hetero) is 1. The van der Waals surface area contributed by atoms with E-state index in [1.807, 2.05) is 33.8 Å². The summed E-state index contributed by atoms with van der Waals surface area (Å²) in [5, 5.41) is 0.397. The summed E-state index contributed by atoms with van der Waals surface area (Å²) < 4.78 is 10.5. The highest BCUT2D eigenvalue weighted by Gasteiger charge is 2.17. The van der Waals surface area contributed by atoms with Crippen LogP contribution >= 0.6 is 0 Å². The van der Waals surface area contributed by atoms with Crippen molar-refractivity contribution in [1.29, 1.82) is 0 Å². The van der Waals surface area contributed by atoms with E-state index in [0.29, 0.717) is 16.5 Å². The van der Waals surface area contributed by atoms with Gasteiger partial charge in [-0.2, -0.15) is 0 Å². The molecule has 138 valence electrons. The molecule has 0 aliphatic heterocycles. The average molecular weight is 364 g/mol. The van der Waals surface area contributed by atoms with Crippen molar-refractivity contribution in [3.63, 3.8) is 0 Å². The minimum atomic E-state index is -0.843. The van der Waals surface area contributed by atoms with Gasteiger partial charge >= 0.3 is 5.97 Å². The maximum Gasteiger partial charge on any atom is 0.374 e. The van der Waals surface area contributed by atoms with Crippen molar-refractivity contribution in [2.75, 3.05) is 6.61 Å². The molecule has 0 aliphatic rings. The van der Waals surface area contributed by atoms with Crippen molar-refractivity contribution in [3.8, 4) is 0 Å². The Morgan fingerprint density at radius 2 is 1.63 bits per heavy atom. The van der Waals surface area contributed by atoms with E-state index in [2.05, 4.69) is 0 Å². The maximum absolute atomic E-state index is 12.4. The zero-order valence-corrected chi connectivity index (χ0v) is 15.7. The molecule has 1 aromatic heterocycles. The van der Waals surface area contributed by atoms with Crippen LogP contribution in [0.3, 0.4) is 0 Å². The van der Waals surface area contributed by atoms with Gasteiger partial charge in [0.2, 0.25) is 11.5 Å². The highest BCUT2D eigenvalue weighted by Crippen LogP contribution is 2.17. The third-order valence-corrected chi connectivity index (χ3v) is 4.56. The zero-order valence-electron chi connectivity index (χ0n) is 15.7. The monoisotopic (exact) mass is 364 g/mol. The normalized spacial score (nSPS) is 10.8. The predicted molar refractivity (Wildman–Crippen MR) is 102 cm³/mol. The molecule has 0 saturated carbocycles. The lowest BCUT2D eigenvalue weighted by Gasteiger charge is -2.09. The molecule has 2 aromatic carbocycles. The Morgan fingerprint density at radius 1 is 0.926 bits per heavy atom. The number of ketones is 1. The Morgan fingerprint density at radius 3 is 2.37 bits per heavy atom. The van der Waals surface area contributed by atoms with Crippen molar-refractivity contribution >= 4 is 22.7 Å². The number of esters is 1. The molecule has 3 rings (SSSR count). The molecule has 0 N–H and O–H groups in total. The van der Waals surface area contributed by atoms with Crippen LogP contribution in [0.4, 0.5) is 0 Å². The quantitative estimate of drug-likeness (QED) is 0.515. The summed E-state index contributed by atoms with van der Waals surface area (Å²) >= 11 is 0. The molecule has 0 radical (unpaired) electrons. The highest BCUT2D eigenvalue weighted by molar-refractivity contribution is 6.00. The summed E-state index contributed by atoms with van der Waals surface area (Å²) in [5.41, 5.74) is 4.31. The molecular formula is C22H20O5. The summed E-state index contributed by atoms with van der Waals surface area (Å²) in [6, 6.07) is 9.92. The van der Waals surface area contributed by atoms with Gasteiger partial charge in [-0.1, -0.05) is 17.7 Å². The molecule has 3 aromatic rings. The van der Waals surface area contributed by atoms with Crippen LogP contribution in [0, 0.1) is 27.7 Å². The van der Waals surface area contributed by atoms with Crippen LogP contribution in [0.25, 0.3) is 11.0 Å². The second-order valence-corrected chi connectivity index (χ2v) is 6.73. The molecule has 0 spiro atoms. The maximum atomic E-state index is 12.4. The van der Waals surface area contributed by atoms with Crippen LogP contribution < -0.4 is 5.43 Å². The van der Waals surface area contributed by atoms with Gasteiger partial charge in [0, 0.05) is 11.6 Å². The number of fused-ring (bicyclic) bond motifs is 1. The van der Waals surface area contributed by atoms with Crippen LogP contribution in [0.2, 0.25) is 0 Å². The van der Waals surface area contributed by atoms with Crippen LogP contribution in [-0.2, 0) is 4.74 Å². The van der Waals surface area contributed by atoms with E-state index in [0.717, 1.165) is 28.3 Å². The molecule has 5 heteroatoms. The molecule has 0 unspecified atom stereocenters. The van der Waals surface area contributed by atoms with Crippen molar-refractivity contribution < 1.29 is 18.7 Å². The first kappa shape index (κ1) is 18.6. The van der Waals surface area contributed by atoms with E-state index < -0.39 is 12.6 Å². The molecule has 0 saturated heterocycles. The summed E-state index contributed by atoms with van der Waals surface area (Å²) in [4.78, 5) is 36.8. The van der Waals surface area contributed by atoms with E-state index in [1.54, 1.807) is 24.3 Å². The standard InChI is InChI=1S/C22H20O5/c1-12-5-6-20-17(7-12)18(23)10-21(27-20)22(25)26-11-19(24)16-9-14(3)13(2)8-15(16)4/h5-10H,11H2,1-4H3. The first-order chi connectivity index (χ1) is 12.8. The van der Waals surface area contributed by atoms with E-state index in [9.17, 15) is 14.4 Å². The first-order valence-electron chi connectivity index (χ1n) is 8.59. The third kappa shape index (κ3) is 3.82. The molecule has 5 nitrogen and oxygen atoms in total. The summed E-state index contributed by atoms with van der Waals surface area (Å²) in [6.07, 6.45) is 0. The number of benzene rings is 2. The predicted octanol–water partition coefficient (Wildman–Crippen LogP) is 4.07. The number of rotatable bonds is 4. The third-order valence-electron chi connectivity index (χ3n) is 4.56. The van der Waals surface area contributed by atoms with Gasteiger partial charge in [0.15, 0.2) is 12.0 Å². The number of carbonyl (C=O) groups is 2. The van der Waals surface area contributed by atoms with E-state index in [-0.39, 0.29) is 17.0 Å². The van der Waals surface area contributed by atoms with Crippen LogP contribution in [0.1, 0.15) is 43.2 Å². The van der Waals surface area contributed by atoms with Crippen LogP contribution in [0.15, 0.2) is 45.6 Å². The SMILES string of the molecule is Cc1ccc2oc(C(=O)OCC(=O)c3cc(C)c(C)cc3C)cc(=O)c2c1. The average Bonchev–Trinajstić information content (AvgIpc) is 2.62.